The molecule has 1 rings (SSSR count). The summed E-state index contributed by atoms with van der Waals surface area (Å²) >= 11 is 0. The van der Waals surface area contributed by atoms with E-state index in [0.717, 1.165) is 0 Å². The lowest BCUT2D eigenvalue weighted by Gasteiger charge is -2.24. The van der Waals surface area contributed by atoms with Crippen LogP contribution in [0.2, 0.25) is 0 Å². The first-order chi connectivity index (χ1) is 6.22. The van der Waals surface area contributed by atoms with Crippen LogP contribution in [0.15, 0.2) is 35.7 Å². The summed E-state index contributed by atoms with van der Waals surface area (Å²) in [5, 5.41) is 0. The van der Waals surface area contributed by atoms with Gasteiger partial charge in [-0.15, -0.1) is 0 Å². The van der Waals surface area contributed by atoms with E-state index in [4.69, 9.17) is 11.5 Å². The van der Waals surface area contributed by atoms with Gasteiger partial charge in [-0.05, 0) is 12.2 Å². The fraction of sp³-hybridized carbons (Fsp3) is 0.500. The molecule has 1 aliphatic carbocycles. The van der Waals surface area contributed by atoms with Gasteiger partial charge in [-0.1, -0.05) is 39.8 Å². The quantitative estimate of drug-likeness (QED) is 0.579. The van der Waals surface area contributed by atoms with E-state index in [1.807, 2.05) is 12.2 Å². The Morgan fingerprint density at radius 2 is 1.07 bits per heavy atom. The van der Waals surface area contributed by atoms with Crippen molar-refractivity contribution in [3.8, 4) is 0 Å². The maximum atomic E-state index is 5.88. The first-order valence-electron chi connectivity index (χ1n) is 4.89. The lowest BCUT2D eigenvalue weighted by atomic mass is 9.82. The lowest BCUT2D eigenvalue weighted by molar-refractivity contribution is 0.567. The molecule has 0 fully saturated rings. The minimum Gasteiger partial charge on any atom is -0.397 e. The average Bonchev–Trinajstić information content (AvgIpc) is 1.98. The molecule has 0 aromatic heterocycles. The zero-order valence-electron chi connectivity index (χ0n) is 9.46. The van der Waals surface area contributed by atoms with E-state index >= 15 is 0 Å². The van der Waals surface area contributed by atoms with Crippen LogP contribution in [0, 0.1) is 10.8 Å². The number of allylic oxidation sites excluding steroid dienone is 4. The maximum Gasteiger partial charge on any atom is 0.0512 e. The molecule has 0 aliphatic heterocycles. The zero-order chi connectivity index (χ0) is 11.0. The largest absolute Gasteiger partial charge is 0.397 e. The van der Waals surface area contributed by atoms with Crippen molar-refractivity contribution in [3.63, 3.8) is 0 Å². The number of rotatable bonds is 0. The molecular formula is C12H20N2. The molecule has 2 nitrogen and oxygen atoms in total. The van der Waals surface area contributed by atoms with Crippen molar-refractivity contribution in [1.82, 2.24) is 0 Å². The second-order valence-electron chi connectivity index (χ2n) is 5.18. The predicted molar refractivity (Wildman–Crippen MR) is 61.2 cm³/mol. The van der Waals surface area contributed by atoms with E-state index in [-0.39, 0.29) is 10.8 Å². The molecule has 0 unspecified atom stereocenters. The van der Waals surface area contributed by atoms with Crippen LogP contribution in [-0.2, 0) is 0 Å². The van der Waals surface area contributed by atoms with Gasteiger partial charge in [-0.3, -0.25) is 0 Å². The summed E-state index contributed by atoms with van der Waals surface area (Å²) < 4.78 is 0. The van der Waals surface area contributed by atoms with Gasteiger partial charge in [0.2, 0.25) is 0 Å². The van der Waals surface area contributed by atoms with E-state index in [0.29, 0.717) is 11.4 Å². The lowest BCUT2D eigenvalue weighted by Crippen LogP contribution is -2.20. The summed E-state index contributed by atoms with van der Waals surface area (Å²) in [5.41, 5.74) is 13.0. The van der Waals surface area contributed by atoms with Gasteiger partial charge in [0.15, 0.2) is 0 Å². The summed E-state index contributed by atoms with van der Waals surface area (Å²) in [6.07, 6.45) is 8.32. The number of hydrogen-bond acceptors (Lipinski definition) is 2. The Balaban J connectivity index is 3.24. The van der Waals surface area contributed by atoms with Gasteiger partial charge in [-0.2, -0.15) is 0 Å². The Labute approximate surface area is 86.4 Å². The Bertz CT molecular complexity index is 285. The van der Waals surface area contributed by atoms with Crippen molar-refractivity contribution >= 4 is 0 Å². The summed E-state index contributed by atoms with van der Waals surface area (Å²) in [6, 6.07) is 0. The molecule has 0 atom stereocenters. The van der Waals surface area contributed by atoms with Crippen LogP contribution < -0.4 is 11.5 Å². The first-order valence-corrected chi connectivity index (χ1v) is 4.89. The van der Waals surface area contributed by atoms with Crippen molar-refractivity contribution in [1.29, 1.82) is 0 Å². The molecule has 4 N–H and O–H groups in total. The van der Waals surface area contributed by atoms with Crippen LogP contribution in [0.1, 0.15) is 27.7 Å². The average molecular weight is 192 g/mol. The van der Waals surface area contributed by atoms with E-state index in [1.165, 1.54) is 0 Å². The normalized spacial score (nSPS) is 24.6. The minimum atomic E-state index is -0.0275. The van der Waals surface area contributed by atoms with Crippen LogP contribution >= 0.6 is 0 Å². The maximum absolute atomic E-state index is 5.88. The van der Waals surface area contributed by atoms with Gasteiger partial charge >= 0.3 is 0 Å². The highest BCUT2D eigenvalue weighted by Gasteiger charge is 2.19. The van der Waals surface area contributed by atoms with Crippen LogP contribution in [0.4, 0.5) is 0 Å². The molecule has 0 saturated carbocycles. The topological polar surface area (TPSA) is 52.0 Å². The molecule has 0 aromatic rings. The van der Waals surface area contributed by atoms with E-state index < -0.39 is 0 Å². The highest BCUT2D eigenvalue weighted by Crippen LogP contribution is 2.30. The third-order valence-corrected chi connectivity index (χ3v) is 2.33. The molecule has 1 aliphatic rings. The fourth-order valence-electron chi connectivity index (χ4n) is 1.49. The van der Waals surface area contributed by atoms with Crippen LogP contribution in [-0.4, -0.2) is 0 Å². The third kappa shape index (κ3) is 2.66. The van der Waals surface area contributed by atoms with Crippen molar-refractivity contribution in [2.75, 3.05) is 0 Å². The molecule has 0 spiro atoms. The second-order valence-corrected chi connectivity index (χ2v) is 5.18. The Morgan fingerprint density at radius 1 is 0.786 bits per heavy atom. The van der Waals surface area contributed by atoms with Crippen LogP contribution in [0.5, 0.6) is 0 Å². The molecule has 0 radical (unpaired) electrons. The molecule has 14 heavy (non-hydrogen) atoms. The van der Waals surface area contributed by atoms with Crippen molar-refractivity contribution < 1.29 is 0 Å². The fourth-order valence-corrected chi connectivity index (χ4v) is 1.49. The minimum absolute atomic E-state index is 0.0275. The molecule has 78 valence electrons. The smallest absolute Gasteiger partial charge is 0.0512 e. The monoisotopic (exact) mass is 192 g/mol. The van der Waals surface area contributed by atoms with Gasteiger partial charge in [0, 0.05) is 10.8 Å². The molecule has 2 heteroatoms. The van der Waals surface area contributed by atoms with E-state index in [9.17, 15) is 0 Å². The van der Waals surface area contributed by atoms with Crippen LogP contribution in [0.3, 0.4) is 0 Å². The molecule has 0 bridgehead atoms. The summed E-state index contributed by atoms with van der Waals surface area (Å²) in [4.78, 5) is 0. The summed E-state index contributed by atoms with van der Waals surface area (Å²) in [7, 11) is 0. The third-order valence-electron chi connectivity index (χ3n) is 2.33. The van der Waals surface area contributed by atoms with Gasteiger partial charge < -0.3 is 11.5 Å². The summed E-state index contributed by atoms with van der Waals surface area (Å²) in [6.45, 7) is 8.46. The Morgan fingerprint density at radius 3 is 1.36 bits per heavy atom. The first kappa shape index (κ1) is 10.9. The van der Waals surface area contributed by atoms with E-state index in [1.54, 1.807) is 0 Å². The molecular weight excluding hydrogens is 172 g/mol. The van der Waals surface area contributed by atoms with Crippen molar-refractivity contribution in [2.45, 2.75) is 27.7 Å². The molecule has 0 heterocycles. The SMILES string of the molecule is CC1(C)C=CC(C)(C)C=C(N)C(N)=C1. The van der Waals surface area contributed by atoms with E-state index in [2.05, 4.69) is 39.8 Å². The highest BCUT2D eigenvalue weighted by molar-refractivity contribution is 5.33. The highest BCUT2D eigenvalue weighted by atomic mass is 14.7. The van der Waals surface area contributed by atoms with Crippen molar-refractivity contribution in [3.05, 3.63) is 35.7 Å². The zero-order valence-corrected chi connectivity index (χ0v) is 9.46. The van der Waals surface area contributed by atoms with Gasteiger partial charge in [0.05, 0.1) is 11.4 Å². The number of hydrogen-bond donors (Lipinski definition) is 2. The molecule has 0 amide bonds. The number of nitrogens with two attached hydrogens (primary N) is 2. The van der Waals surface area contributed by atoms with Gasteiger partial charge in [-0.25, -0.2) is 0 Å². The standard InChI is InChI=1S/C12H20N2/c1-11(2)5-6-12(3,4)8-10(14)9(13)7-11/h5-8H,13-14H2,1-4H3. The van der Waals surface area contributed by atoms with Gasteiger partial charge in [0.25, 0.3) is 0 Å². The molecule has 0 saturated heterocycles. The molecule has 0 aromatic carbocycles. The Kier molecular flexibility index (Phi) is 2.49. The van der Waals surface area contributed by atoms with Crippen LogP contribution in [0.25, 0.3) is 0 Å². The van der Waals surface area contributed by atoms with Gasteiger partial charge in [0.1, 0.15) is 0 Å². The second kappa shape index (κ2) is 3.19. The summed E-state index contributed by atoms with van der Waals surface area (Å²) in [5.74, 6) is 0. The Hall–Kier alpha value is -1.18. The van der Waals surface area contributed by atoms with Crippen molar-refractivity contribution in [2.24, 2.45) is 22.3 Å². The predicted octanol–water partition coefficient (Wildman–Crippen LogP) is 2.29.